The SMILES string of the molecule is Nc1ncnc2c1ncn2[C@@H]1O[C@@H]2COP(=O)(O)OC[C@@H]3[C@@H](COP(O)(=S)O[C@H]2[C@H]1F)C[C@H]3n1cnc2c(=O)n3cn[nH]c3nc21. The minimum Gasteiger partial charge on any atom is -0.382 e. The molecule has 1 saturated carbocycles. The summed E-state index contributed by atoms with van der Waals surface area (Å²) < 4.78 is 60.9. The van der Waals surface area contributed by atoms with Crippen LogP contribution in [0.5, 0.6) is 0 Å². The highest BCUT2D eigenvalue weighted by Gasteiger charge is 2.52. The van der Waals surface area contributed by atoms with Crippen molar-refractivity contribution in [3.8, 4) is 0 Å². The molecule has 2 unspecified atom stereocenters. The van der Waals surface area contributed by atoms with Crippen molar-refractivity contribution < 1.29 is 41.6 Å². The Bertz CT molecular complexity index is 2140. The Morgan fingerprint density at radius 1 is 1.02 bits per heavy atom. The molecule has 0 bridgehead atoms. The highest BCUT2D eigenvalue weighted by Crippen LogP contribution is 2.55. The van der Waals surface area contributed by atoms with Crippen LogP contribution >= 0.6 is 14.5 Å². The molecule has 20 nitrogen and oxygen atoms in total. The number of imidazole rings is 2. The van der Waals surface area contributed by atoms with Gasteiger partial charge >= 0.3 is 14.5 Å². The van der Waals surface area contributed by atoms with Crippen molar-refractivity contribution >= 4 is 60.3 Å². The third kappa shape index (κ3) is 4.96. The number of anilines is 1. The second-order valence-corrected chi connectivity index (χ2v) is 15.2. The maximum Gasteiger partial charge on any atom is 0.472 e. The molecule has 0 aromatic carbocycles. The van der Waals surface area contributed by atoms with Crippen LogP contribution in [-0.4, -0.2) is 96.6 Å². The first-order chi connectivity index (χ1) is 22.0. The third-order valence-electron chi connectivity index (χ3n) is 8.43. The largest absolute Gasteiger partial charge is 0.472 e. The van der Waals surface area contributed by atoms with Crippen molar-refractivity contribution in [2.75, 3.05) is 25.6 Å². The van der Waals surface area contributed by atoms with Crippen LogP contribution in [0.15, 0.2) is 30.1 Å². The van der Waals surface area contributed by atoms with Crippen LogP contribution in [0.25, 0.3) is 28.1 Å². The number of fused-ring (bicyclic) bond motifs is 5. The average molecular weight is 700 g/mol. The smallest absolute Gasteiger partial charge is 0.382 e. The molecular formula is C22H24FN11O9P2S. The molecule has 5 N–H and O–H groups in total. The van der Waals surface area contributed by atoms with Gasteiger partial charge in [-0.2, -0.15) is 10.1 Å². The number of hydrogen-bond acceptors (Lipinski definition) is 15. The fourth-order valence-corrected chi connectivity index (χ4v) is 8.34. The van der Waals surface area contributed by atoms with E-state index < -0.39 is 63.3 Å². The Morgan fingerprint density at radius 2 is 1.80 bits per heavy atom. The molecule has 2 aliphatic heterocycles. The van der Waals surface area contributed by atoms with E-state index in [1.807, 2.05) is 0 Å². The summed E-state index contributed by atoms with van der Waals surface area (Å²) in [6, 6.07) is -0.403. The van der Waals surface area contributed by atoms with Gasteiger partial charge in [0.05, 0.1) is 32.5 Å². The van der Waals surface area contributed by atoms with Crippen LogP contribution in [0, 0.1) is 11.8 Å². The first kappa shape index (κ1) is 30.1. The van der Waals surface area contributed by atoms with Crippen molar-refractivity contribution in [1.82, 2.24) is 48.7 Å². The molecule has 0 radical (unpaired) electrons. The standard InChI is InChI=1S/C22H24FN11O9P2S/c23-13-16-12(42-21(13)33-7-27-14-17(24)25-5-26-18(14)33)4-40-44(36,37)39-3-10-9(2-41-45(38,46)43-16)1-11(10)32-6-28-15-19(32)30-22-31-29-8-34(22)20(15)35/h5-13,16,21H,1-4H2,(H,30,31)(H,36,37)(H,38,46)(H2,24,25,26)/t9-,10-,11-,12-,13-,16-,21-,45?/m1/s1. The predicted molar refractivity (Wildman–Crippen MR) is 155 cm³/mol. The third-order valence-corrected chi connectivity index (χ3v) is 10.9. The normalized spacial score (nSPS) is 35.7. The summed E-state index contributed by atoms with van der Waals surface area (Å²) in [6.07, 6.45) is -0.759. The number of phosphoric ester groups is 1. The second kappa shape index (κ2) is 10.9. The topological polar surface area (TPSA) is 254 Å². The van der Waals surface area contributed by atoms with Crippen molar-refractivity contribution in [2.24, 2.45) is 11.8 Å². The Morgan fingerprint density at radius 3 is 2.65 bits per heavy atom. The lowest BCUT2D eigenvalue weighted by atomic mass is 9.70. The number of aromatic nitrogens is 10. The van der Waals surface area contributed by atoms with Gasteiger partial charge in [-0.25, -0.2) is 38.4 Å². The Labute approximate surface area is 260 Å². The van der Waals surface area contributed by atoms with Gasteiger partial charge in [-0.05, 0) is 24.1 Å². The summed E-state index contributed by atoms with van der Waals surface area (Å²) in [5.74, 6) is -0.603. The van der Waals surface area contributed by atoms with Crippen LogP contribution in [0.3, 0.4) is 0 Å². The summed E-state index contributed by atoms with van der Waals surface area (Å²) in [5.41, 5.74) is 6.16. The first-order valence-electron chi connectivity index (χ1n) is 13.8. The molecule has 3 aliphatic rings. The lowest BCUT2D eigenvalue weighted by Gasteiger charge is -2.45. The quantitative estimate of drug-likeness (QED) is 0.182. The van der Waals surface area contributed by atoms with Gasteiger partial charge in [0.15, 0.2) is 35.0 Å². The number of aromatic amines is 1. The number of nitrogens with two attached hydrogens (primary N) is 1. The fraction of sp³-hybridized carbons (Fsp3) is 0.500. The zero-order valence-electron chi connectivity index (χ0n) is 23.2. The van der Waals surface area contributed by atoms with E-state index in [-0.39, 0.29) is 53.1 Å². The fourth-order valence-electron chi connectivity index (χ4n) is 6.08. The number of hydrogen-bond donors (Lipinski definition) is 4. The Hall–Kier alpha value is -3.30. The van der Waals surface area contributed by atoms with Crippen molar-refractivity contribution in [1.29, 1.82) is 0 Å². The van der Waals surface area contributed by atoms with Crippen molar-refractivity contribution in [2.45, 2.75) is 37.1 Å². The predicted octanol–water partition coefficient (Wildman–Crippen LogP) is 0.368. The number of ether oxygens (including phenoxy) is 1. The van der Waals surface area contributed by atoms with E-state index in [0.717, 1.165) is 0 Å². The van der Waals surface area contributed by atoms with Crippen LogP contribution < -0.4 is 11.3 Å². The molecule has 24 heteroatoms. The molecule has 2 saturated heterocycles. The zero-order valence-corrected chi connectivity index (χ0v) is 25.8. The minimum atomic E-state index is -4.73. The van der Waals surface area contributed by atoms with E-state index in [1.54, 1.807) is 4.57 Å². The molecule has 244 valence electrons. The minimum absolute atomic E-state index is 0.0650. The summed E-state index contributed by atoms with van der Waals surface area (Å²) in [7, 11) is -4.73. The van der Waals surface area contributed by atoms with Gasteiger partial charge in [0.2, 0.25) is 5.78 Å². The lowest BCUT2D eigenvalue weighted by molar-refractivity contribution is -0.0458. The number of nitrogen functional groups attached to an aromatic ring is 1. The van der Waals surface area contributed by atoms with E-state index >= 15 is 4.39 Å². The molecule has 1 aliphatic carbocycles. The summed E-state index contributed by atoms with van der Waals surface area (Å²) in [5, 5.41) is 6.47. The van der Waals surface area contributed by atoms with Gasteiger partial charge < -0.3 is 29.3 Å². The molecule has 9 atom stereocenters. The van der Waals surface area contributed by atoms with E-state index in [1.165, 1.54) is 34.3 Å². The van der Waals surface area contributed by atoms with Gasteiger partial charge in [-0.15, -0.1) is 0 Å². The van der Waals surface area contributed by atoms with E-state index in [2.05, 4.69) is 35.1 Å². The highest BCUT2D eigenvalue weighted by atomic mass is 32.5. The number of halogens is 1. The molecule has 0 amide bonds. The summed E-state index contributed by atoms with van der Waals surface area (Å²) in [4.78, 5) is 55.2. The molecule has 3 fully saturated rings. The molecule has 46 heavy (non-hydrogen) atoms. The molecular weight excluding hydrogens is 675 g/mol. The zero-order chi connectivity index (χ0) is 32.0. The molecule has 5 aromatic heterocycles. The maximum atomic E-state index is 16.0. The van der Waals surface area contributed by atoms with Gasteiger partial charge in [0, 0.05) is 12.0 Å². The van der Waals surface area contributed by atoms with E-state index in [0.29, 0.717) is 6.42 Å². The van der Waals surface area contributed by atoms with Gasteiger partial charge in [-0.3, -0.25) is 22.9 Å². The van der Waals surface area contributed by atoms with Gasteiger partial charge in [0.25, 0.3) is 5.56 Å². The second-order valence-electron chi connectivity index (χ2n) is 11.0. The molecule has 7 heterocycles. The summed E-state index contributed by atoms with van der Waals surface area (Å²) >= 11 is 5.25. The average Bonchev–Trinajstić information content (AvgIpc) is 3.79. The van der Waals surface area contributed by atoms with Crippen LogP contribution in [-0.2, 0) is 39.2 Å². The summed E-state index contributed by atoms with van der Waals surface area (Å²) in [6.45, 7) is -5.22. The van der Waals surface area contributed by atoms with Gasteiger partial charge in [-0.1, -0.05) is 0 Å². The molecule has 5 aromatic rings. The number of phosphoric acid groups is 1. The number of H-pyrrole nitrogens is 1. The van der Waals surface area contributed by atoms with E-state index in [9.17, 15) is 19.1 Å². The number of nitrogens with one attached hydrogen (secondary N) is 1. The lowest BCUT2D eigenvalue weighted by Crippen LogP contribution is -2.43. The first-order valence-corrected chi connectivity index (χ1v) is 17.9. The van der Waals surface area contributed by atoms with Gasteiger partial charge in [0.1, 0.15) is 30.4 Å². The van der Waals surface area contributed by atoms with Crippen LogP contribution in [0.4, 0.5) is 10.2 Å². The maximum absolute atomic E-state index is 16.0. The molecule has 8 rings (SSSR count). The monoisotopic (exact) mass is 699 g/mol. The highest BCUT2D eigenvalue weighted by molar-refractivity contribution is 8.07. The number of rotatable bonds is 2. The van der Waals surface area contributed by atoms with E-state index in [4.69, 9.17) is 40.4 Å². The van der Waals surface area contributed by atoms with Crippen molar-refractivity contribution in [3.05, 3.63) is 35.7 Å². The van der Waals surface area contributed by atoms with Crippen molar-refractivity contribution in [3.63, 3.8) is 0 Å². The van der Waals surface area contributed by atoms with Crippen LogP contribution in [0.1, 0.15) is 18.7 Å². The molecule has 0 spiro atoms. The number of alkyl halides is 1. The number of nitrogens with zero attached hydrogens (tertiary/aromatic N) is 9. The Kier molecular flexibility index (Phi) is 7.11. The Balaban J connectivity index is 1.06. The van der Waals surface area contributed by atoms with Crippen LogP contribution in [0.2, 0.25) is 0 Å².